The van der Waals surface area contributed by atoms with E-state index in [4.69, 9.17) is 4.52 Å². The van der Waals surface area contributed by atoms with Crippen LogP contribution < -0.4 is 10.9 Å². The molecule has 2 aromatic carbocycles. The van der Waals surface area contributed by atoms with E-state index in [1.165, 1.54) is 4.57 Å². The maximum absolute atomic E-state index is 13.3. The van der Waals surface area contributed by atoms with E-state index in [-0.39, 0.29) is 23.9 Å². The highest BCUT2D eigenvalue weighted by atomic mass is 16.5. The third-order valence-corrected chi connectivity index (χ3v) is 5.30. The second-order valence-electron chi connectivity index (χ2n) is 7.63. The lowest BCUT2D eigenvalue weighted by Gasteiger charge is -2.13. The van der Waals surface area contributed by atoms with Crippen molar-refractivity contribution in [2.75, 3.05) is 5.32 Å². The van der Waals surface area contributed by atoms with Crippen LogP contribution in [0, 0.1) is 13.8 Å². The van der Waals surface area contributed by atoms with E-state index in [0.717, 1.165) is 17.5 Å². The van der Waals surface area contributed by atoms with E-state index in [0.29, 0.717) is 28.3 Å². The van der Waals surface area contributed by atoms with Crippen LogP contribution in [0.25, 0.3) is 22.8 Å². The number of rotatable bonds is 6. The minimum absolute atomic E-state index is 0.117. The Labute approximate surface area is 185 Å². The van der Waals surface area contributed by atoms with Gasteiger partial charge in [-0.25, -0.2) is 0 Å². The Kier molecular flexibility index (Phi) is 5.98. The lowest BCUT2D eigenvalue weighted by molar-refractivity contribution is -0.116. The Hall–Kier alpha value is -4.00. The molecule has 0 aliphatic heterocycles. The van der Waals surface area contributed by atoms with Crippen LogP contribution in [0.4, 0.5) is 5.69 Å². The summed E-state index contributed by atoms with van der Waals surface area (Å²) in [5.41, 5.74) is 3.96. The lowest BCUT2D eigenvalue weighted by atomic mass is 10.1. The van der Waals surface area contributed by atoms with Crippen molar-refractivity contribution < 1.29 is 9.32 Å². The van der Waals surface area contributed by atoms with Crippen molar-refractivity contribution in [1.82, 2.24) is 14.7 Å². The molecule has 2 heterocycles. The van der Waals surface area contributed by atoms with Crippen molar-refractivity contribution in [1.29, 1.82) is 0 Å². The van der Waals surface area contributed by atoms with E-state index in [1.54, 1.807) is 6.92 Å². The molecule has 162 valence electrons. The number of nitrogens with zero attached hydrogens (tertiary/aromatic N) is 3. The van der Waals surface area contributed by atoms with Crippen LogP contribution in [0.1, 0.15) is 23.7 Å². The largest absolute Gasteiger partial charge is 0.333 e. The van der Waals surface area contributed by atoms with Gasteiger partial charge in [-0.15, -0.1) is 0 Å². The summed E-state index contributed by atoms with van der Waals surface area (Å²) in [7, 11) is 0. The molecule has 0 unspecified atom stereocenters. The van der Waals surface area contributed by atoms with Gasteiger partial charge in [-0.2, -0.15) is 4.98 Å². The van der Waals surface area contributed by atoms with Gasteiger partial charge in [0.05, 0.1) is 0 Å². The number of benzene rings is 2. The van der Waals surface area contributed by atoms with Gasteiger partial charge in [-0.1, -0.05) is 54.5 Å². The molecule has 0 radical (unpaired) electrons. The Morgan fingerprint density at radius 2 is 1.84 bits per heavy atom. The molecule has 32 heavy (non-hydrogen) atoms. The van der Waals surface area contributed by atoms with Crippen molar-refractivity contribution in [3.8, 4) is 22.8 Å². The van der Waals surface area contributed by atoms with Crippen LogP contribution in [0.5, 0.6) is 0 Å². The summed E-state index contributed by atoms with van der Waals surface area (Å²) in [4.78, 5) is 30.4. The molecule has 4 aromatic rings. The highest BCUT2D eigenvalue weighted by molar-refractivity contribution is 5.90. The third kappa shape index (κ3) is 4.37. The molecule has 0 saturated heterocycles. The summed E-state index contributed by atoms with van der Waals surface area (Å²) in [6.07, 6.45) is 0.874. The van der Waals surface area contributed by atoms with Crippen LogP contribution in [-0.4, -0.2) is 20.6 Å². The van der Waals surface area contributed by atoms with Crippen LogP contribution in [0.15, 0.2) is 70.0 Å². The number of nitrogens with one attached hydrogen (secondary N) is 1. The fourth-order valence-corrected chi connectivity index (χ4v) is 3.63. The van der Waals surface area contributed by atoms with Crippen LogP contribution in [0.3, 0.4) is 0 Å². The molecule has 0 spiro atoms. The minimum Gasteiger partial charge on any atom is -0.333 e. The first-order valence-electron chi connectivity index (χ1n) is 10.5. The third-order valence-electron chi connectivity index (χ3n) is 5.30. The van der Waals surface area contributed by atoms with Crippen molar-refractivity contribution in [3.05, 3.63) is 87.8 Å². The number of carbonyl (C=O) groups is 1. The first-order chi connectivity index (χ1) is 15.5. The van der Waals surface area contributed by atoms with Gasteiger partial charge in [0.25, 0.3) is 11.4 Å². The Bertz CT molecular complexity index is 1320. The number of aromatic nitrogens is 3. The average Bonchev–Trinajstić information content (AvgIpc) is 3.27. The van der Waals surface area contributed by atoms with Gasteiger partial charge in [-0.3, -0.25) is 9.59 Å². The fraction of sp³-hybridized carbons (Fsp3) is 0.200. The second kappa shape index (κ2) is 9.01. The minimum atomic E-state index is -0.344. The number of amides is 1. The molecule has 7 nitrogen and oxygen atoms in total. The summed E-state index contributed by atoms with van der Waals surface area (Å²) < 4.78 is 6.84. The Morgan fingerprint density at radius 1 is 1.06 bits per heavy atom. The first kappa shape index (κ1) is 21.2. The number of carbonyl (C=O) groups excluding carboxylic acids is 1. The number of hydrogen-bond acceptors (Lipinski definition) is 5. The monoisotopic (exact) mass is 428 g/mol. The zero-order valence-electron chi connectivity index (χ0n) is 18.3. The van der Waals surface area contributed by atoms with Gasteiger partial charge in [0.2, 0.25) is 11.7 Å². The molecule has 0 aliphatic rings. The predicted octanol–water partition coefficient (Wildman–Crippen LogP) is 4.38. The van der Waals surface area contributed by atoms with Gasteiger partial charge < -0.3 is 14.4 Å². The standard InChI is InChI=1S/C25H24N4O3/c1-4-18-9-8-12-20(14-18)26-21(30)15-29-17(3)13-16(2)22(25(29)31)24-27-23(28-32-24)19-10-6-5-7-11-19/h5-14H,4,15H2,1-3H3,(H,26,30). The Morgan fingerprint density at radius 3 is 2.59 bits per heavy atom. The van der Waals surface area contributed by atoms with Crippen LogP contribution >= 0.6 is 0 Å². The summed E-state index contributed by atoms with van der Waals surface area (Å²) in [5.74, 6) is 0.255. The topological polar surface area (TPSA) is 90.0 Å². The molecule has 1 N–H and O–H groups in total. The molecule has 1 amide bonds. The molecule has 7 heteroatoms. The van der Waals surface area contributed by atoms with Gasteiger partial charge in [0.1, 0.15) is 12.1 Å². The Balaban J connectivity index is 1.63. The van der Waals surface area contributed by atoms with Crippen molar-refractivity contribution >= 4 is 11.6 Å². The summed E-state index contributed by atoms with van der Waals surface area (Å²) in [6.45, 7) is 5.55. The molecule has 0 bridgehead atoms. The maximum atomic E-state index is 13.3. The van der Waals surface area contributed by atoms with Gasteiger partial charge in [0, 0.05) is 16.9 Å². The highest BCUT2D eigenvalue weighted by Crippen LogP contribution is 2.23. The molecule has 0 saturated carbocycles. The zero-order valence-corrected chi connectivity index (χ0v) is 18.3. The molecule has 4 rings (SSSR count). The van der Waals surface area contributed by atoms with E-state index in [1.807, 2.05) is 67.6 Å². The van der Waals surface area contributed by atoms with Crippen LogP contribution in [-0.2, 0) is 17.8 Å². The fourth-order valence-electron chi connectivity index (χ4n) is 3.63. The van der Waals surface area contributed by atoms with E-state index < -0.39 is 0 Å². The molecule has 0 atom stereocenters. The van der Waals surface area contributed by atoms with E-state index in [9.17, 15) is 9.59 Å². The lowest BCUT2D eigenvalue weighted by Crippen LogP contribution is -2.30. The highest BCUT2D eigenvalue weighted by Gasteiger charge is 2.20. The first-order valence-corrected chi connectivity index (χ1v) is 10.5. The maximum Gasteiger partial charge on any atom is 0.264 e. The van der Waals surface area contributed by atoms with Crippen molar-refractivity contribution in [3.63, 3.8) is 0 Å². The molecular formula is C25H24N4O3. The van der Waals surface area contributed by atoms with E-state index in [2.05, 4.69) is 22.4 Å². The number of pyridine rings is 1. The molecular weight excluding hydrogens is 404 g/mol. The quantitative estimate of drug-likeness (QED) is 0.492. The average molecular weight is 428 g/mol. The normalized spacial score (nSPS) is 10.8. The van der Waals surface area contributed by atoms with E-state index >= 15 is 0 Å². The predicted molar refractivity (Wildman–Crippen MR) is 123 cm³/mol. The SMILES string of the molecule is CCc1cccc(NC(=O)Cn2c(C)cc(C)c(-c3nc(-c4ccccc4)no3)c2=O)c1. The van der Waals surface area contributed by atoms with Gasteiger partial charge in [-0.05, 0) is 49.6 Å². The number of anilines is 1. The zero-order chi connectivity index (χ0) is 22.7. The molecule has 0 aliphatic carbocycles. The summed E-state index contributed by atoms with van der Waals surface area (Å²) in [5, 5.41) is 6.89. The second-order valence-corrected chi connectivity index (χ2v) is 7.63. The molecule has 2 aromatic heterocycles. The van der Waals surface area contributed by atoms with Crippen molar-refractivity contribution in [2.45, 2.75) is 33.7 Å². The smallest absolute Gasteiger partial charge is 0.264 e. The van der Waals surface area contributed by atoms with Crippen LogP contribution in [0.2, 0.25) is 0 Å². The summed E-state index contributed by atoms with van der Waals surface area (Å²) >= 11 is 0. The summed E-state index contributed by atoms with van der Waals surface area (Å²) in [6, 6.07) is 18.9. The molecule has 0 fully saturated rings. The van der Waals surface area contributed by atoms with Crippen molar-refractivity contribution in [2.24, 2.45) is 0 Å². The van der Waals surface area contributed by atoms with Gasteiger partial charge >= 0.3 is 0 Å². The number of aryl methyl sites for hydroxylation is 3. The number of hydrogen-bond donors (Lipinski definition) is 1. The van der Waals surface area contributed by atoms with Gasteiger partial charge in [0.15, 0.2) is 0 Å².